The maximum absolute atomic E-state index is 6.15. The molecule has 1 aromatic heterocycles. The van der Waals surface area contributed by atoms with Crippen molar-refractivity contribution in [3.63, 3.8) is 0 Å². The van der Waals surface area contributed by atoms with Crippen molar-refractivity contribution in [1.29, 1.82) is 0 Å². The Hall–Kier alpha value is -3.81. The van der Waals surface area contributed by atoms with Crippen molar-refractivity contribution in [3.8, 4) is 39.1 Å². The van der Waals surface area contributed by atoms with Gasteiger partial charge in [-0.1, -0.05) is 96.5 Å². The van der Waals surface area contributed by atoms with Gasteiger partial charge in [-0.05, 0) is 46.5 Å². The summed E-state index contributed by atoms with van der Waals surface area (Å²) < 4.78 is 2.45. The SMILES string of the molecule is Clc1ccc(-c2ccc3c(c2)-n2c4ccccc4c4cccc(c42)-c2ccccc2-3)cc1. The smallest absolute Gasteiger partial charge is 0.0619 e. The van der Waals surface area contributed by atoms with Gasteiger partial charge >= 0.3 is 0 Å². The summed E-state index contributed by atoms with van der Waals surface area (Å²) in [7, 11) is 0. The van der Waals surface area contributed by atoms with E-state index in [1.54, 1.807) is 0 Å². The molecule has 0 atom stereocenters. The highest BCUT2D eigenvalue weighted by Crippen LogP contribution is 2.47. The second-order valence-electron chi connectivity index (χ2n) is 8.34. The summed E-state index contributed by atoms with van der Waals surface area (Å²) in [6, 6.07) is 39.1. The molecule has 6 aromatic rings. The van der Waals surface area contributed by atoms with Crippen LogP contribution in [0, 0.1) is 0 Å². The van der Waals surface area contributed by atoms with E-state index in [9.17, 15) is 0 Å². The van der Waals surface area contributed by atoms with E-state index in [1.165, 1.54) is 55.3 Å². The van der Waals surface area contributed by atoms with Crippen molar-refractivity contribution in [3.05, 3.63) is 114 Å². The van der Waals surface area contributed by atoms with Crippen molar-refractivity contribution in [1.82, 2.24) is 4.57 Å². The van der Waals surface area contributed by atoms with Crippen LogP contribution in [0.3, 0.4) is 0 Å². The molecule has 0 saturated heterocycles. The van der Waals surface area contributed by atoms with Crippen molar-refractivity contribution < 1.29 is 0 Å². The van der Waals surface area contributed by atoms with E-state index in [0.29, 0.717) is 0 Å². The average Bonchev–Trinajstić information content (AvgIpc) is 3.12. The molecule has 0 radical (unpaired) electrons. The van der Waals surface area contributed by atoms with Gasteiger partial charge in [0.15, 0.2) is 0 Å². The van der Waals surface area contributed by atoms with Crippen LogP contribution in [0.4, 0.5) is 0 Å². The minimum Gasteiger partial charge on any atom is -0.308 e. The topological polar surface area (TPSA) is 4.93 Å². The molecule has 0 amide bonds. The molecule has 0 N–H and O–H groups in total. The third-order valence-electron chi connectivity index (χ3n) is 6.62. The quantitative estimate of drug-likeness (QED) is 0.247. The summed E-state index contributed by atoms with van der Waals surface area (Å²) in [6.45, 7) is 0. The first kappa shape index (κ1) is 17.8. The summed E-state index contributed by atoms with van der Waals surface area (Å²) in [4.78, 5) is 0. The van der Waals surface area contributed by atoms with Crippen LogP contribution in [0.5, 0.6) is 0 Å². The number of rotatable bonds is 1. The lowest BCUT2D eigenvalue weighted by molar-refractivity contribution is 1.19. The van der Waals surface area contributed by atoms with Gasteiger partial charge in [0, 0.05) is 26.9 Å². The molecule has 0 fully saturated rings. The molecule has 150 valence electrons. The van der Waals surface area contributed by atoms with Crippen molar-refractivity contribution in [2.24, 2.45) is 0 Å². The molecular formula is C30H18ClN. The zero-order valence-electron chi connectivity index (χ0n) is 17.2. The molecule has 7 rings (SSSR count). The Morgan fingerprint density at radius 2 is 1.16 bits per heavy atom. The first-order valence-corrected chi connectivity index (χ1v) is 11.2. The highest BCUT2D eigenvalue weighted by Gasteiger charge is 2.24. The number of hydrogen-bond acceptors (Lipinski definition) is 0. The molecule has 1 aliphatic heterocycles. The van der Waals surface area contributed by atoms with Crippen LogP contribution in [0.2, 0.25) is 5.02 Å². The van der Waals surface area contributed by atoms with Gasteiger partial charge in [-0.2, -0.15) is 0 Å². The van der Waals surface area contributed by atoms with Gasteiger partial charge in [0.25, 0.3) is 0 Å². The molecule has 0 spiro atoms. The van der Waals surface area contributed by atoms with Crippen LogP contribution in [-0.2, 0) is 0 Å². The number of hydrogen-bond donors (Lipinski definition) is 0. The Morgan fingerprint density at radius 1 is 0.500 bits per heavy atom. The van der Waals surface area contributed by atoms with Crippen LogP contribution in [0.1, 0.15) is 0 Å². The second-order valence-corrected chi connectivity index (χ2v) is 8.78. The maximum atomic E-state index is 6.15. The van der Waals surface area contributed by atoms with Gasteiger partial charge in [-0.15, -0.1) is 0 Å². The number of fused-ring (bicyclic) bond motifs is 8. The van der Waals surface area contributed by atoms with Crippen molar-refractivity contribution >= 4 is 33.4 Å². The number of nitrogens with zero attached hydrogens (tertiary/aromatic N) is 1. The largest absolute Gasteiger partial charge is 0.308 e. The minimum absolute atomic E-state index is 0.754. The van der Waals surface area contributed by atoms with Gasteiger partial charge in [-0.25, -0.2) is 0 Å². The van der Waals surface area contributed by atoms with Gasteiger partial charge < -0.3 is 4.57 Å². The van der Waals surface area contributed by atoms with E-state index in [4.69, 9.17) is 11.6 Å². The van der Waals surface area contributed by atoms with Crippen LogP contribution < -0.4 is 0 Å². The molecule has 1 aliphatic rings. The highest BCUT2D eigenvalue weighted by molar-refractivity contribution is 6.30. The summed E-state index contributed by atoms with van der Waals surface area (Å²) in [6.07, 6.45) is 0. The molecule has 2 heterocycles. The summed E-state index contributed by atoms with van der Waals surface area (Å²) >= 11 is 6.15. The monoisotopic (exact) mass is 427 g/mol. The molecule has 0 bridgehead atoms. The fraction of sp³-hybridized carbons (Fsp3) is 0. The van der Waals surface area contributed by atoms with Crippen LogP contribution in [0.25, 0.3) is 60.9 Å². The van der Waals surface area contributed by atoms with Crippen LogP contribution >= 0.6 is 11.6 Å². The number of benzene rings is 5. The van der Waals surface area contributed by atoms with E-state index in [-0.39, 0.29) is 0 Å². The van der Waals surface area contributed by atoms with Crippen molar-refractivity contribution in [2.45, 2.75) is 0 Å². The second kappa shape index (κ2) is 6.59. The minimum atomic E-state index is 0.754. The predicted octanol–water partition coefficient (Wildman–Crippen LogP) is 8.75. The fourth-order valence-corrected chi connectivity index (χ4v) is 5.33. The number of aromatic nitrogens is 1. The predicted molar refractivity (Wildman–Crippen MR) is 136 cm³/mol. The Morgan fingerprint density at radius 3 is 2.00 bits per heavy atom. The first-order chi connectivity index (χ1) is 15.8. The van der Waals surface area contributed by atoms with E-state index in [2.05, 4.69) is 102 Å². The molecule has 32 heavy (non-hydrogen) atoms. The zero-order valence-corrected chi connectivity index (χ0v) is 18.0. The lowest BCUT2D eigenvalue weighted by Gasteiger charge is -2.14. The molecule has 0 unspecified atom stereocenters. The molecule has 1 nitrogen and oxygen atoms in total. The molecule has 0 aliphatic carbocycles. The lowest BCUT2D eigenvalue weighted by atomic mass is 9.92. The van der Waals surface area contributed by atoms with E-state index < -0.39 is 0 Å². The van der Waals surface area contributed by atoms with Gasteiger partial charge in [-0.3, -0.25) is 0 Å². The maximum Gasteiger partial charge on any atom is 0.0619 e. The van der Waals surface area contributed by atoms with Gasteiger partial charge in [0.2, 0.25) is 0 Å². The third kappa shape index (κ3) is 2.40. The van der Waals surface area contributed by atoms with Crippen LogP contribution in [-0.4, -0.2) is 4.57 Å². The van der Waals surface area contributed by atoms with Crippen molar-refractivity contribution in [2.75, 3.05) is 0 Å². The fourth-order valence-electron chi connectivity index (χ4n) is 5.21. The molecule has 0 saturated carbocycles. The highest BCUT2D eigenvalue weighted by atomic mass is 35.5. The summed E-state index contributed by atoms with van der Waals surface area (Å²) in [5, 5.41) is 3.33. The average molecular weight is 428 g/mol. The molecule has 5 aromatic carbocycles. The van der Waals surface area contributed by atoms with E-state index >= 15 is 0 Å². The normalized spacial score (nSPS) is 11.9. The first-order valence-electron chi connectivity index (χ1n) is 10.8. The Bertz CT molecular complexity index is 1670. The summed E-state index contributed by atoms with van der Waals surface area (Å²) in [5.41, 5.74) is 11.1. The molecule has 2 heteroatoms. The van der Waals surface area contributed by atoms with Crippen LogP contribution in [0.15, 0.2) is 109 Å². The van der Waals surface area contributed by atoms with E-state index in [1.807, 2.05) is 12.1 Å². The number of para-hydroxylation sites is 2. The summed E-state index contributed by atoms with van der Waals surface area (Å²) in [5.74, 6) is 0. The van der Waals surface area contributed by atoms with Gasteiger partial charge in [0.05, 0.1) is 16.7 Å². The third-order valence-corrected chi connectivity index (χ3v) is 6.87. The van der Waals surface area contributed by atoms with E-state index in [0.717, 1.165) is 10.6 Å². The Labute approximate surface area is 191 Å². The standard InChI is InChI=1S/C30H18ClN/c31-21-15-12-19(13-16-21)20-14-17-25-22-6-1-2-7-23(22)26-9-5-10-27-24-8-3-4-11-28(24)32(30(26)27)29(25)18-20/h1-18H. The number of halogens is 1. The molecular weight excluding hydrogens is 410 g/mol. The van der Waals surface area contributed by atoms with Gasteiger partial charge in [0.1, 0.15) is 0 Å². The Balaban J connectivity index is 1.67. The Kier molecular flexibility index (Phi) is 3.67. The lowest BCUT2D eigenvalue weighted by Crippen LogP contribution is -1.96. The zero-order chi connectivity index (χ0) is 21.2.